The Morgan fingerprint density at radius 3 is 2.94 bits per heavy atom. The van der Waals surface area contributed by atoms with E-state index >= 15 is 0 Å². The monoisotopic (exact) mass is 428 g/mol. The fourth-order valence-corrected chi connectivity index (χ4v) is 4.09. The smallest absolute Gasteiger partial charge is 0.247 e. The average Bonchev–Trinajstić information content (AvgIpc) is 3.24. The molecule has 4 aromatic rings. The van der Waals surface area contributed by atoms with E-state index in [4.69, 9.17) is 5.73 Å². The Kier molecular flexibility index (Phi) is 4.93. The van der Waals surface area contributed by atoms with Crippen LogP contribution in [0.25, 0.3) is 22.0 Å². The van der Waals surface area contributed by atoms with Crippen molar-refractivity contribution < 1.29 is 4.79 Å². The van der Waals surface area contributed by atoms with Crippen LogP contribution in [0.15, 0.2) is 49.2 Å². The maximum absolute atomic E-state index is 12.5. The van der Waals surface area contributed by atoms with Gasteiger partial charge in [-0.3, -0.25) is 14.5 Å². The number of aromatic nitrogens is 5. The summed E-state index contributed by atoms with van der Waals surface area (Å²) in [5, 5.41) is 9.39. The van der Waals surface area contributed by atoms with Crippen molar-refractivity contribution in [2.24, 2.45) is 0 Å². The molecule has 1 aliphatic rings. The van der Waals surface area contributed by atoms with Gasteiger partial charge in [0, 0.05) is 49.3 Å². The average molecular weight is 429 g/mol. The highest BCUT2D eigenvalue weighted by Gasteiger charge is 2.28. The maximum Gasteiger partial charge on any atom is 0.247 e. The van der Waals surface area contributed by atoms with Gasteiger partial charge in [-0.25, -0.2) is 9.97 Å². The molecule has 0 bridgehead atoms. The highest BCUT2D eigenvalue weighted by Crippen LogP contribution is 2.29. The summed E-state index contributed by atoms with van der Waals surface area (Å²) in [6, 6.07) is 5.61. The summed E-state index contributed by atoms with van der Waals surface area (Å²) in [7, 11) is 1.83. The predicted molar refractivity (Wildman–Crippen MR) is 123 cm³/mol. The highest BCUT2D eigenvalue weighted by atomic mass is 16.2. The van der Waals surface area contributed by atoms with Crippen molar-refractivity contribution in [2.45, 2.75) is 25.8 Å². The third kappa shape index (κ3) is 3.62. The first kappa shape index (κ1) is 19.9. The number of hydrogen-bond donors (Lipinski definition) is 2. The highest BCUT2D eigenvalue weighted by molar-refractivity contribution is 5.94. The fraction of sp³-hybridized carbons (Fsp3) is 0.261. The Labute approximate surface area is 185 Å². The minimum Gasteiger partial charge on any atom is -0.383 e. The molecule has 0 spiro atoms. The van der Waals surface area contributed by atoms with Gasteiger partial charge in [0.05, 0.1) is 17.6 Å². The van der Waals surface area contributed by atoms with Gasteiger partial charge in [0.1, 0.15) is 17.7 Å². The Morgan fingerprint density at radius 2 is 2.09 bits per heavy atom. The first-order chi connectivity index (χ1) is 15.5. The van der Waals surface area contributed by atoms with Crippen LogP contribution in [0.5, 0.6) is 0 Å². The minimum absolute atomic E-state index is 0.0935. The summed E-state index contributed by atoms with van der Waals surface area (Å²) in [5.41, 5.74) is 9.77. The number of pyridine rings is 3. The van der Waals surface area contributed by atoms with Crippen molar-refractivity contribution in [2.75, 3.05) is 24.6 Å². The molecule has 162 valence electrons. The van der Waals surface area contributed by atoms with Gasteiger partial charge in [-0.15, -0.1) is 0 Å². The van der Waals surface area contributed by atoms with Crippen molar-refractivity contribution in [3.8, 4) is 11.3 Å². The third-order valence-electron chi connectivity index (χ3n) is 5.89. The summed E-state index contributed by atoms with van der Waals surface area (Å²) < 4.78 is 1.73. The van der Waals surface area contributed by atoms with Crippen molar-refractivity contribution in [3.05, 3.63) is 54.7 Å². The number of hydrogen-bond acceptors (Lipinski definition) is 7. The molecule has 0 aliphatic carbocycles. The second-order valence-electron chi connectivity index (χ2n) is 8.13. The summed E-state index contributed by atoms with van der Waals surface area (Å²) in [6.07, 6.45) is 10.6. The predicted octanol–water partition coefficient (Wildman–Crippen LogP) is 3.32. The molecule has 0 unspecified atom stereocenters. The van der Waals surface area contributed by atoms with E-state index in [1.165, 1.54) is 0 Å². The van der Waals surface area contributed by atoms with E-state index in [1.54, 1.807) is 34.4 Å². The van der Waals surface area contributed by atoms with Crippen LogP contribution in [0.1, 0.15) is 24.4 Å². The molecule has 9 nitrogen and oxygen atoms in total. The second-order valence-corrected chi connectivity index (χ2v) is 8.13. The Hall–Kier alpha value is -4.01. The number of nitrogens with zero attached hydrogens (tertiary/aromatic N) is 6. The molecular formula is C23H24N8O. The Balaban J connectivity index is 1.44. The molecule has 1 saturated heterocycles. The lowest BCUT2D eigenvalue weighted by atomic mass is 10.1. The number of carbonyl (C=O) groups excluding carboxylic acids is 1. The molecule has 1 aliphatic heterocycles. The van der Waals surface area contributed by atoms with Gasteiger partial charge in [-0.2, -0.15) is 5.10 Å². The fourth-order valence-electron chi connectivity index (χ4n) is 4.09. The Bertz CT molecular complexity index is 1310. The molecule has 0 aromatic carbocycles. The topological polar surface area (TPSA) is 115 Å². The molecule has 3 N–H and O–H groups in total. The van der Waals surface area contributed by atoms with Crippen LogP contribution in [-0.4, -0.2) is 49.1 Å². The van der Waals surface area contributed by atoms with Gasteiger partial charge >= 0.3 is 0 Å². The molecule has 9 heteroatoms. The van der Waals surface area contributed by atoms with Gasteiger partial charge in [-0.1, -0.05) is 0 Å². The van der Waals surface area contributed by atoms with Gasteiger partial charge < -0.3 is 16.0 Å². The van der Waals surface area contributed by atoms with E-state index in [1.807, 2.05) is 38.4 Å². The molecule has 0 saturated carbocycles. The van der Waals surface area contributed by atoms with Crippen LogP contribution in [0.4, 0.5) is 17.3 Å². The molecule has 5 rings (SSSR count). The summed E-state index contributed by atoms with van der Waals surface area (Å²) >= 11 is 0. The van der Waals surface area contributed by atoms with Crippen molar-refractivity contribution in [1.82, 2.24) is 29.6 Å². The second kappa shape index (κ2) is 7.92. The van der Waals surface area contributed by atoms with Gasteiger partial charge in [0.25, 0.3) is 0 Å². The zero-order valence-corrected chi connectivity index (χ0v) is 18.0. The number of nitrogen functional groups attached to an aromatic ring is 1. The van der Waals surface area contributed by atoms with Crippen LogP contribution < -0.4 is 11.1 Å². The standard InChI is InChI=1S/C23H24N8O/c1-14-5-6-25-11-17(14)19-8-15-9-21(26-12-18(15)22(24)29-19)28-16-10-27-31(13-16)20-4-3-7-30(2)23(20)32/h5-6,8-13,20H,3-4,7H2,1-2H3,(H2,24,29)(H,26,28)/t20-/m1/s1. The number of aryl methyl sites for hydroxylation is 1. The summed E-state index contributed by atoms with van der Waals surface area (Å²) in [4.78, 5) is 27.4. The van der Waals surface area contributed by atoms with E-state index in [2.05, 4.69) is 25.4 Å². The minimum atomic E-state index is -0.259. The van der Waals surface area contributed by atoms with Crippen molar-refractivity contribution >= 4 is 34.0 Å². The molecule has 4 aromatic heterocycles. The molecule has 0 radical (unpaired) electrons. The van der Waals surface area contributed by atoms with Crippen molar-refractivity contribution in [3.63, 3.8) is 0 Å². The van der Waals surface area contributed by atoms with Crippen molar-refractivity contribution in [1.29, 1.82) is 0 Å². The number of anilines is 3. The zero-order valence-electron chi connectivity index (χ0n) is 18.0. The van der Waals surface area contributed by atoms with Gasteiger partial charge in [0.2, 0.25) is 5.91 Å². The van der Waals surface area contributed by atoms with Crippen LogP contribution >= 0.6 is 0 Å². The van der Waals surface area contributed by atoms with E-state index < -0.39 is 0 Å². The first-order valence-corrected chi connectivity index (χ1v) is 10.5. The van der Waals surface area contributed by atoms with E-state index in [0.717, 1.165) is 52.7 Å². The van der Waals surface area contributed by atoms with Crippen LogP contribution in [0.2, 0.25) is 0 Å². The lowest BCUT2D eigenvalue weighted by Crippen LogP contribution is -2.39. The molecule has 32 heavy (non-hydrogen) atoms. The number of rotatable bonds is 4. The first-order valence-electron chi connectivity index (χ1n) is 10.5. The van der Waals surface area contributed by atoms with Gasteiger partial charge in [-0.05, 0) is 48.9 Å². The van der Waals surface area contributed by atoms with Crippen LogP contribution in [-0.2, 0) is 4.79 Å². The summed E-state index contributed by atoms with van der Waals surface area (Å²) in [6.45, 7) is 2.81. The number of amides is 1. The Morgan fingerprint density at radius 1 is 1.22 bits per heavy atom. The molecule has 1 atom stereocenters. The zero-order chi connectivity index (χ0) is 22.2. The van der Waals surface area contributed by atoms with E-state index in [9.17, 15) is 4.79 Å². The molecule has 1 amide bonds. The lowest BCUT2D eigenvalue weighted by Gasteiger charge is -2.29. The maximum atomic E-state index is 12.5. The van der Waals surface area contributed by atoms with E-state index in [0.29, 0.717) is 11.6 Å². The largest absolute Gasteiger partial charge is 0.383 e. The van der Waals surface area contributed by atoms with Crippen LogP contribution in [0.3, 0.4) is 0 Å². The number of carbonyl (C=O) groups is 1. The summed E-state index contributed by atoms with van der Waals surface area (Å²) in [5.74, 6) is 1.17. The molecule has 1 fully saturated rings. The number of likely N-dealkylation sites (N-methyl/N-ethyl adjacent to an activating group) is 1. The van der Waals surface area contributed by atoms with E-state index in [-0.39, 0.29) is 11.9 Å². The molecule has 5 heterocycles. The molecular weight excluding hydrogens is 404 g/mol. The SMILES string of the molecule is Cc1ccncc1-c1cc2cc(Nc3cnn([C@@H]4CCCN(C)C4=O)c3)ncc2c(N)n1. The number of nitrogens with two attached hydrogens (primary N) is 1. The number of fused-ring (bicyclic) bond motifs is 1. The van der Waals surface area contributed by atoms with Crippen LogP contribution in [0, 0.1) is 6.92 Å². The number of nitrogens with one attached hydrogen (secondary N) is 1. The number of likely N-dealkylation sites (tertiary alicyclic amines) is 1. The number of piperidine rings is 1. The quantitative estimate of drug-likeness (QED) is 0.512. The third-order valence-corrected chi connectivity index (χ3v) is 5.89. The lowest BCUT2D eigenvalue weighted by molar-refractivity contribution is -0.136. The van der Waals surface area contributed by atoms with Gasteiger partial charge in [0.15, 0.2) is 0 Å². The normalized spacial score (nSPS) is 16.5.